The molecule has 2 saturated heterocycles. The number of fused-ring (bicyclic) bond motifs is 1. The molecule has 3 aliphatic rings. The maximum Gasteiger partial charge on any atom is 0.245 e. The molecule has 0 aromatic heterocycles. The lowest BCUT2D eigenvalue weighted by Gasteiger charge is -2.34. The van der Waals surface area contributed by atoms with Gasteiger partial charge in [-0.15, -0.1) is 0 Å². The van der Waals surface area contributed by atoms with E-state index in [9.17, 15) is 9.59 Å². The number of carbonyl (C=O) groups is 2. The predicted octanol–water partition coefficient (Wildman–Crippen LogP) is 2.78. The smallest absolute Gasteiger partial charge is 0.245 e. The van der Waals surface area contributed by atoms with Crippen LogP contribution in [0.3, 0.4) is 0 Å². The van der Waals surface area contributed by atoms with Crippen LogP contribution >= 0.6 is 0 Å². The first-order valence-electron chi connectivity index (χ1n) is 11.3. The van der Waals surface area contributed by atoms with E-state index in [0.29, 0.717) is 25.4 Å². The maximum atomic E-state index is 13.4. The Labute approximate surface area is 179 Å². The fourth-order valence-electron chi connectivity index (χ4n) is 5.58. The Bertz CT molecular complexity index is 763. The van der Waals surface area contributed by atoms with Crippen LogP contribution in [0, 0.1) is 5.92 Å². The van der Waals surface area contributed by atoms with Crippen molar-refractivity contribution in [1.82, 2.24) is 9.80 Å². The predicted molar refractivity (Wildman–Crippen MR) is 114 cm³/mol. The molecule has 6 nitrogen and oxygen atoms in total. The molecule has 2 fully saturated rings. The number of ether oxygens (including phenoxy) is 2. The highest BCUT2D eigenvalue weighted by molar-refractivity contribution is 5.88. The highest BCUT2D eigenvalue weighted by atomic mass is 16.7. The molecule has 0 N–H and O–H groups in total. The van der Waals surface area contributed by atoms with Crippen molar-refractivity contribution in [3.8, 4) is 0 Å². The highest BCUT2D eigenvalue weighted by Crippen LogP contribution is 2.31. The van der Waals surface area contributed by atoms with Crippen molar-refractivity contribution in [1.29, 1.82) is 0 Å². The van der Waals surface area contributed by atoms with Gasteiger partial charge in [-0.1, -0.05) is 24.3 Å². The topological polar surface area (TPSA) is 59.1 Å². The van der Waals surface area contributed by atoms with E-state index in [1.807, 2.05) is 9.80 Å². The van der Waals surface area contributed by atoms with Crippen molar-refractivity contribution < 1.29 is 19.1 Å². The lowest BCUT2D eigenvalue weighted by molar-refractivity contribution is -0.161. The number of amides is 2. The fourth-order valence-corrected chi connectivity index (χ4v) is 5.58. The molecule has 4 rings (SSSR count). The van der Waals surface area contributed by atoms with Gasteiger partial charge in [0.2, 0.25) is 11.8 Å². The molecule has 1 aromatic carbocycles. The number of methoxy groups -OCH3 is 2. The van der Waals surface area contributed by atoms with Gasteiger partial charge < -0.3 is 19.3 Å². The Morgan fingerprint density at radius 2 is 1.70 bits per heavy atom. The van der Waals surface area contributed by atoms with Crippen LogP contribution in [0.2, 0.25) is 0 Å². The summed E-state index contributed by atoms with van der Waals surface area (Å²) < 4.78 is 10.9. The molecular weight excluding hydrogens is 380 g/mol. The van der Waals surface area contributed by atoms with Crippen LogP contribution in [-0.4, -0.2) is 67.3 Å². The number of hydrogen-bond acceptors (Lipinski definition) is 4. The first kappa shape index (κ1) is 21.3. The van der Waals surface area contributed by atoms with Gasteiger partial charge in [-0.3, -0.25) is 9.59 Å². The molecule has 30 heavy (non-hydrogen) atoms. The van der Waals surface area contributed by atoms with Gasteiger partial charge in [-0.05, 0) is 62.0 Å². The van der Waals surface area contributed by atoms with E-state index in [-0.39, 0.29) is 23.9 Å². The summed E-state index contributed by atoms with van der Waals surface area (Å²) in [7, 11) is 3.23. The van der Waals surface area contributed by atoms with E-state index in [0.717, 1.165) is 44.9 Å². The van der Waals surface area contributed by atoms with Gasteiger partial charge in [-0.2, -0.15) is 0 Å². The molecule has 2 heterocycles. The second kappa shape index (κ2) is 9.48. The second-order valence-corrected chi connectivity index (χ2v) is 8.91. The summed E-state index contributed by atoms with van der Waals surface area (Å²) in [6.07, 6.45) is 6.66. The van der Waals surface area contributed by atoms with Crippen molar-refractivity contribution in [2.24, 2.45) is 5.92 Å². The first-order valence-corrected chi connectivity index (χ1v) is 11.3. The Kier molecular flexibility index (Phi) is 6.74. The zero-order valence-electron chi connectivity index (χ0n) is 18.2. The van der Waals surface area contributed by atoms with Gasteiger partial charge in [0.05, 0.1) is 6.04 Å². The normalized spacial score (nSPS) is 26.3. The molecule has 1 aromatic rings. The molecule has 0 spiro atoms. The minimum atomic E-state index is -0.413. The number of rotatable bonds is 6. The van der Waals surface area contributed by atoms with E-state index in [4.69, 9.17) is 9.47 Å². The summed E-state index contributed by atoms with van der Waals surface area (Å²) in [6.45, 7) is 1.40. The monoisotopic (exact) mass is 414 g/mol. The quantitative estimate of drug-likeness (QED) is 0.672. The van der Waals surface area contributed by atoms with Crippen molar-refractivity contribution >= 4 is 11.8 Å². The van der Waals surface area contributed by atoms with Crippen LogP contribution in [-0.2, 0) is 31.9 Å². The molecule has 1 aliphatic carbocycles. The second-order valence-electron chi connectivity index (χ2n) is 8.91. The third-order valence-corrected chi connectivity index (χ3v) is 7.13. The SMILES string of the molecule is COC(OC)C1CCCN1C(=O)[C@@H]1CCCN1C(=O)C[C@@H]1CCc2ccccc2C1. The summed E-state index contributed by atoms with van der Waals surface area (Å²) in [5, 5.41) is 0. The minimum absolute atomic E-state index is 0.0661. The van der Waals surface area contributed by atoms with E-state index in [2.05, 4.69) is 24.3 Å². The number of aryl methyl sites for hydroxylation is 1. The van der Waals surface area contributed by atoms with Gasteiger partial charge in [0, 0.05) is 33.7 Å². The zero-order valence-corrected chi connectivity index (χ0v) is 18.2. The van der Waals surface area contributed by atoms with Gasteiger partial charge in [0.1, 0.15) is 6.04 Å². The lowest BCUT2D eigenvalue weighted by Crippen LogP contribution is -2.52. The number of likely N-dealkylation sites (tertiary alicyclic amines) is 2. The van der Waals surface area contributed by atoms with Crippen LogP contribution in [0.15, 0.2) is 24.3 Å². The number of nitrogens with zero attached hydrogens (tertiary/aromatic N) is 2. The van der Waals surface area contributed by atoms with Crippen LogP contribution in [0.5, 0.6) is 0 Å². The van der Waals surface area contributed by atoms with Crippen LogP contribution in [0.1, 0.15) is 49.7 Å². The molecule has 3 atom stereocenters. The molecule has 2 amide bonds. The molecule has 6 heteroatoms. The molecule has 0 saturated carbocycles. The van der Waals surface area contributed by atoms with Gasteiger partial charge >= 0.3 is 0 Å². The zero-order chi connectivity index (χ0) is 21.1. The summed E-state index contributed by atoms with van der Waals surface area (Å²) >= 11 is 0. The summed E-state index contributed by atoms with van der Waals surface area (Å²) in [5.41, 5.74) is 2.79. The van der Waals surface area contributed by atoms with E-state index in [1.165, 1.54) is 11.1 Å². The van der Waals surface area contributed by atoms with Crippen LogP contribution in [0.25, 0.3) is 0 Å². The highest BCUT2D eigenvalue weighted by Gasteiger charge is 2.42. The third-order valence-electron chi connectivity index (χ3n) is 7.13. The molecule has 0 radical (unpaired) electrons. The Balaban J connectivity index is 1.39. The molecule has 1 unspecified atom stereocenters. The van der Waals surface area contributed by atoms with E-state index in [1.54, 1.807) is 14.2 Å². The van der Waals surface area contributed by atoms with Crippen molar-refractivity contribution in [3.05, 3.63) is 35.4 Å². The van der Waals surface area contributed by atoms with Gasteiger partial charge in [0.15, 0.2) is 6.29 Å². The Morgan fingerprint density at radius 1 is 1.00 bits per heavy atom. The number of hydrogen-bond donors (Lipinski definition) is 0. The average molecular weight is 415 g/mol. The van der Waals surface area contributed by atoms with E-state index >= 15 is 0 Å². The standard InChI is InChI=1S/C24H34N2O4/c1-29-24(30-2)21-10-6-14-26(21)23(28)20-9-5-13-25(20)22(27)16-17-11-12-18-7-3-4-8-19(18)15-17/h3-4,7-8,17,20-21,24H,5-6,9-16H2,1-2H3/t17-,20+,21?/m1/s1. The van der Waals surface area contributed by atoms with Gasteiger partial charge in [-0.25, -0.2) is 0 Å². The fraction of sp³-hybridized carbons (Fsp3) is 0.667. The van der Waals surface area contributed by atoms with Gasteiger partial charge in [0.25, 0.3) is 0 Å². The summed E-state index contributed by atoms with van der Waals surface area (Å²) in [6, 6.07) is 8.15. The molecule has 164 valence electrons. The third kappa shape index (κ3) is 4.26. The lowest BCUT2D eigenvalue weighted by atomic mass is 9.82. The maximum absolute atomic E-state index is 13.4. The molecule has 0 bridgehead atoms. The molecule has 2 aliphatic heterocycles. The largest absolute Gasteiger partial charge is 0.354 e. The average Bonchev–Trinajstić information content (AvgIpc) is 3.44. The Morgan fingerprint density at radius 3 is 2.47 bits per heavy atom. The van der Waals surface area contributed by atoms with E-state index < -0.39 is 6.29 Å². The number of carbonyl (C=O) groups excluding carboxylic acids is 2. The number of benzene rings is 1. The molecular formula is C24H34N2O4. The first-order chi connectivity index (χ1) is 14.6. The van der Waals surface area contributed by atoms with Crippen molar-refractivity contribution in [3.63, 3.8) is 0 Å². The minimum Gasteiger partial charge on any atom is -0.354 e. The van der Waals surface area contributed by atoms with Crippen LogP contribution in [0.4, 0.5) is 0 Å². The summed E-state index contributed by atoms with van der Waals surface area (Å²) in [4.78, 5) is 30.3. The van der Waals surface area contributed by atoms with Crippen LogP contribution < -0.4 is 0 Å². The van der Waals surface area contributed by atoms with Crippen molar-refractivity contribution in [2.45, 2.75) is 69.7 Å². The van der Waals surface area contributed by atoms with Crippen molar-refractivity contribution in [2.75, 3.05) is 27.3 Å². The Hall–Kier alpha value is -1.92. The summed E-state index contributed by atoms with van der Waals surface area (Å²) in [5.74, 6) is 0.576.